The summed E-state index contributed by atoms with van der Waals surface area (Å²) in [5.74, 6) is -0.620. The molecule has 1 N–H and O–H groups in total. The van der Waals surface area contributed by atoms with Crippen molar-refractivity contribution in [3.8, 4) is 0 Å². The van der Waals surface area contributed by atoms with Crippen molar-refractivity contribution in [1.29, 1.82) is 0 Å². The Bertz CT molecular complexity index is 736. The molecule has 7 nitrogen and oxygen atoms in total. The van der Waals surface area contributed by atoms with E-state index in [0.29, 0.717) is 32.4 Å². The number of rotatable bonds is 5. The van der Waals surface area contributed by atoms with E-state index in [9.17, 15) is 19.5 Å². The Kier molecular flexibility index (Phi) is 5.91. The van der Waals surface area contributed by atoms with E-state index in [0.717, 1.165) is 5.56 Å². The highest BCUT2D eigenvalue weighted by molar-refractivity contribution is 5.90. The maximum absolute atomic E-state index is 13.3. The summed E-state index contributed by atoms with van der Waals surface area (Å²) in [5, 5.41) is 9.32. The zero-order valence-corrected chi connectivity index (χ0v) is 16.5. The number of hydrogen-bond acceptors (Lipinski definition) is 4. The molecule has 2 fully saturated rings. The van der Waals surface area contributed by atoms with Crippen LogP contribution in [-0.4, -0.2) is 58.6 Å². The summed E-state index contributed by atoms with van der Waals surface area (Å²) in [5.41, 5.74) is 0.190. The Hall–Kier alpha value is -2.57. The molecule has 2 heterocycles. The summed E-state index contributed by atoms with van der Waals surface area (Å²) < 4.78 is 5.51. The second-order valence-corrected chi connectivity index (χ2v) is 8.12. The topological polar surface area (TPSA) is 87.2 Å². The van der Waals surface area contributed by atoms with Crippen LogP contribution in [-0.2, 0) is 20.9 Å². The zero-order chi connectivity index (χ0) is 20.3. The fourth-order valence-corrected chi connectivity index (χ4v) is 4.36. The normalized spacial score (nSPS) is 23.3. The molecule has 1 aromatic carbocycles. The van der Waals surface area contributed by atoms with Crippen LogP contribution in [0.2, 0.25) is 0 Å². The van der Waals surface area contributed by atoms with Crippen molar-refractivity contribution in [2.75, 3.05) is 19.6 Å². The van der Waals surface area contributed by atoms with E-state index in [4.69, 9.17) is 4.74 Å². The summed E-state index contributed by atoms with van der Waals surface area (Å²) in [6.45, 7) is 5.09. The van der Waals surface area contributed by atoms with Crippen LogP contribution in [0.15, 0.2) is 30.3 Å². The molecule has 0 radical (unpaired) electrons. The molecule has 1 unspecified atom stereocenters. The molecule has 152 valence electrons. The van der Waals surface area contributed by atoms with Gasteiger partial charge in [0.25, 0.3) is 0 Å². The first-order chi connectivity index (χ1) is 13.3. The van der Waals surface area contributed by atoms with Gasteiger partial charge in [-0.25, -0.2) is 9.59 Å². The fraction of sp³-hybridized carbons (Fsp3) is 0.571. The molecule has 7 heteroatoms. The zero-order valence-electron chi connectivity index (χ0n) is 16.5. The summed E-state index contributed by atoms with van der Waals surface area (Å²) in [7, 11) is 0. The average Bonchev–Trinajstić information content (AvgIpc) is 2.97. The molecule has 1 aromatic rings. The summed E-state index contributed by atoms with van der Waals surface area (Å²) >= 11 is 0. The van der Waals surface area contributed by atoms with Crippen molar-refractivity contribution in [1.82, 2.24) is 9.80 Å². The predicted octanol–water partition coefficient (Wildman–Crippen LogP) is 2.75. The molecule has 0 aromatic heterocycles. The molecule has 28 heavy (non-hydrogen) atoms. The van der Waals surface area contributed by atoms with Crippen molar-refractivity contribution < 1.29 is 24.2 Å². The minimum Gasteiger partial charge on any atom is -0.465 e. The van der Waals surface area contributed by atoms with E-state index >= 15 is 0 Å². The van der Waals surface area contributed by atoms with Gasteiger partial charge in [-0.05, 0) is 30.7 Å². The number of benzene rings is 1. The molecular weight excluding hydrogens is 360 g/mol. The summed E-state index contributed by atoms with van der Waals surface area (Å²) in [6.07, 6.45) is 0.908. The smallest absolute Gasteiger partial charge is 0.407 e. The largest absolute Gasteiger partial charge is 0.465 e. The number of nitrogens with zero attached hydrogens (tertiary/aromatic N) is 2. The third-order valence-electron chi connectivity index (χ3n) is 5.83. The van der Waals surface area contributed by atoms with Crippen LogP contribution >= 0.6 is 0 Å². The van der Waals surface area contributed by atoms with Gasteiger partial charge in [-0.2, -0.15) is 0 Å². The maximum Gasteiger partial charge on any atom is 0.407 e. The first-order valence-electron chi connectivity index (χ1n) is 9.83. The van der Waals surface area contributed by atoms with Crippen molar-refractivity contribution in [2.45, 2.75) is 45.8 Å². The van der Waals surface area contributed by atoms with E-state index in [2.05, 4.69) is 0 Å². The lowest BCUT2D eigenvalue weighted by Crippen LogP contribution is -2.53. The molecule has 2 aliphatic heterocycles. The second kappa shape index (κ2) is 8.20. The molecule has 2 amide bonds. The van der Waals surface area contributed by atoms with Crippen LogP contribution in [0.1, 0.15) is 38.7 Å². The Labute approximate surface area is 165 Å². The maximum atomic E-state index is 13.3. The van der Waals surface area contributed by atoms with Gasteiger partial charge in [0.05, 0.1) is 5.41 Å². The van der Waals surface area contributed by atoms with Crippen molar-refractivity contribution in [2.24, 2.45) is 11.3 Å². The molecule has 3 rings (SSSR count). The van der Waals surface area contributed by atoms with E-state index in [1.807, 2.05) is 44.2 Å². The SMILES string of the molecule is CC(C)[C@@H](C(=O)OCc1ccccc1)N1CCC2(CCCN(C(=O)O)C2)C1=O. The number of esters is 1. The standard InChI is InChI=1S/C21H28N2O5/c1-15(2)17(18(24)28-13-16-7-4-3-5-8-16)23-12-10-21(19(23)25)9-6-11-22(14-21)20(26)27/h3-5,7-8,15,17H,6,9-14H2,1-2H3,(H,26,27)/t17-,21?/m0/s1. The van der Waals surface area contributed by atoms with Crippen molar-refractivity contribution >= 4 is 18.0 Å². The number of hydrogen-bond donors (Lipinski definition) is 1. The van der Waals surface area contributed by atoms with E-state index in [1.54, 1.807) is 4.90 Å². The van der Waals surface area contributed by atoms with Gasteiger partial charge in [0.2, 0.25) is 5.91 Å². The highest BCUT2D eigenvalue weighted by Crippen LogP contribution is 2.41. The lowest BCUT2D eigenvalue weighted by molar-refractivity contribution is -0.159. The lowest BCUT2D eigenvalue weighted by atomic mass is 9.78. The van der Waals surface area contributed by atoms with Crippen LogP contribution in [0.5, 0.6) is 0 Å². The molecule has 2 atom stereocenters. The average molecular weight is 388 g/mol. The van der Waals surface area contributed by atoms with E-state index < -0.39 is 23.5 Å². The van der Waals surface area contributed by atoms with Crippen LogP contribution in [0.4, 0.5) is 4.79 Å². The predicted molar refractivity (Wildman–Crippen MR) is 102 cm³/mol. The van der Waals surface area contributed by atoms with Gasteiger partial charge in [-0.3, -0.25) is 4.79 Å². The van der Waals surface area contributed by atoms with Crippen LogP contribution in [0.25, 0.3) is 0 Å². The van der Waals surface area contributed by atoms with Crippen LogP contribution in [0, 0.1) is 11.3 Å². The number of ether oxygens (including phenoxy) is 1. The third kappa shape index (κ3) is 3.98. The molecule has 2 aliphatic rings. The van der Waals surface area contributed by atoms with Gasteiger partial charge in [0, 0.05) is 19.6 Å². The number of amides is 2. The fourth-order valence-electron chi connectivity index (χ4n) is 4.36. The Balaban J connectivity index is 1.71. The summed E-state index contributed by atoms with van der Waals surface area (Å²) in [6, 6.07) is 8.78. The number of piperidine rings is 1. The Morgan fingerprint density at radius 1 is 1.18 bits per heavy atom. The molecular formula is C21H28N2O5. The number of likely N-dealkylation sites (tertiary alicyclic amines) is 2. The van der Waals surface area contributed by atoms with E-state index in [1.165, 1.54) is 4.90 Å². The minimum absolute atomic E-state index is 0.0958. The molecule has 1 spiro atoms. The molecule has 2 saturated heterocycles. The van der Waals surface area contributed by atoms with Crippen LogP contribution < -0.4 is 0 Å². The van der Waals surface area contributed by atoms with Gasteiger partial charge in [0.1, 0.15) is 12.6 Å². The first kappa shape index (κ1) is 20.2. The highest BCUT2D eigenvalue weighted by Gasteiger charge is 2.52. The van der Waals surface area contributed by atoms with Gasteiger partial charge in [-0.1, -0.05) is 44.2 Å². The summed E-state index contributed by atoms with van der Waals surface area (Å²) in [4.78, 5) is 40.4. The van der Waals surface area contributed by atoms with Crippen molar-refractivity contribution in [3.05, 3.63) is 35.9 Å². The molecule has 0 aliphatic carbocycles. The molecule has 0 bridgehead atoms. The Morgan fingerprint density at radius 3 is 2.54 bits per heavy atom. The first-order valence-corrected chi connectivity index (χ1v) is 9.83. The highest BCUT2D eigenvalue weighted by atomic mass is 16.5. The third-order valence-corrected chi connectivity index (χ3v) is 5.83. The number of carbonyl (C=O) groups is 3. The number of carboxylic acid groups (broad SMARTS) is 1. The monoisotopic (exact) mass is 388 g/mol. The Morgan fingerprint density at radius 2 is 1.89 bits per heavy atom. The molecule has 0 saturated carbocycles. The van der Waals surface area contributed by atoms with Gasteiger partial charge in [-0.15, -0.1) is 0 Å². The van der Waals surface area contributed by atoms with Gasteiger partial charge >= 0.3 is 12.1 Å². The van der Waals surface area contributed by atoms with Gasteiger partial charge in [0.15, 0.2) is 0 Å². The quantitative estimate of drug-likeness (QED) is 0.784. The van der Waals surface area contributed by atoms with E-state index in [-0.39, 0.29) is 25.0 Å². The van der Waals surface area contributed by atoms with Gasteiger partial charge < -0.3 is 19.6 Å². The van der Waals surface area contributed by atoms with Crippen molar-refractivity contribution in [3.63, 3.8) is 0 Å². The number of carbonyl (C=O) groups excluding carboxylic acids is 2. The van der Waals surface area contributed by atoms with Crippen LogP contribution in [0.3, 0.4) is 0 Å². The lowest BCUT2D eigenvalue weighted by Gasteiger charge is -2.38. The minimum atomic E-state index is -0.993. The second-order valence-electron chi connectivity index (χ2n) is 8.12.